The van der Waals surface area contributed by atoms with Crippen LogP contribution >= 0.6 is 34.8 Å². The molecule has 1 saturated heterocycles. The molecule has 0 aliphatic carbocycles. The highest BCUT2D eigenvalue weighted by Gasteiger charge is 2.28. The van der Waals surface area contributed by atoms with E-state index in [0.29, 0.717) is 28.8 Å². The summed E-state index contributed by atoms with van der Waals surface area (Å²) in [4.78, 5) is 14.2. The van der Waals surface area contributed by atoms with E-state index in [0.717, 1.165) is 0 Å². The minimum absolute atomic E-state index is 0.0904. The quantitative estimate of drug-likeness (QED) is 0.678. The average molecular weight is 433 g/mol. The molecule has 4 nitrogen and oxygen atoms in total. The van der Waals surface area contributed by atoms with Crippen LogP contribution in [-0.4, -0.2) is 43.2 Å². The zero-order valence-corrected chi connectivity index (χ0v) is 16.5. The van der Waals surface area contributed by atoms with Gasteiger partial charge in [-0.3, -0.25) is 4.79 Å². The zero-order valence-electron chi connectivity index (χ0n) is 14.3. The predicted molar refractivity (Wildman–Crippen MR) is 103 cm³/mol. The molecule has 2 aromatic carbocycles. The Labute approximate surface area is 171 Å². The van der Waals surface area contributed by atoms with E-state index in [1.807, 2.05) is 0 Å². The average Bonchev–Trinajstić information content (AvgIpc) is 2.64. The predicted octanol–water partition coefficient (Wildman–Crippen LogP) is 4.84. The van der Waals surface area contributed by atoms with Gasteiger partial charge in [0.25, 0.3) is 5.91 Å². The van der Waals surface area contributed by atoms with Gasteiger partial charge in [0.2, 0.25) is 0 Å². The molecule has 1 fully saturated rings. The molecule has 8 heteroatoms. The van der Waals surface area contributed by atoms with E-state index in [2.05, 4.69) is 0 Å². The smallest absolute Gasteiger partial charge is 0.258 e. The number of amides is 1. The highest BCUT2D eigenvalue weighted by atomic mass is 35.5. The van der Waals surface area contributed by atoms with Gasteiger partial charge in [0.05, 0.1) is 36.5 Å². The number of halogens is 4. The first-order valence-electron chi connectivity index (χ1n) is 8.33. The Morgan fingerprint density at radius 2 is 1.81 bits per heavy atom. The lowest BCUT2D eigenvalue weighted by molar-refractivity contribution is -0.0647. The Morgan fingerprint density at radius 3 is 2.52 bits per heavy atom. The van der Waals surface area contributed by atoms with Crippen LogP contribution in [0.25, 0.3) is 0 Å². The fourth-order valence-corrected chi connectivity index (χ4v) is 3.58. The van der Waals surface area contributed by atoms with E-state index >= 15 is 0 Å². The van der Waals surface area contributed by atoms with Gasteiger partial charge in [0.1, 0.15) is 5.82 Å². The van der Waals surface area contributed by atoms with Crippen molar-refractivity contribution in [1.29, 1.82) is 0 Å². The van der Waals surface area contributed by atoms with Gasteiger partial charge in [-0.2, -0.15) is 0 Å². The number of carbonyl (C=O) groups excluding carboxylic acids is 1. The maximum Gasteiger partial charge on any atom is 0.258 e. The molecule has 0 aromatic heterocycles. The Bertz CT molecular complexity index is 793. The fraction of sp³-hybridized carbons (Fsp3) is 0.316. The van der Waals surface area contributed by atoms with Crippen LogP contribution in [0.3, 0.4) is 0 Å². The van der Waals surface area contributed by atoms with Crippen LogP contribution in [0, 0.1) is 5.82 Å². The van der Waals surface area contributed by atoms with E-state index in [9.17, 15) is 9.18 Å². The van der Waals surface area contributed by atoms with Crippen molar-refractivity contribution >= 4 is 40.7 Å². The first kappa shape index (κ1) is 20.4. The molecule has 3 rings (SSSR count). The third-order valence-electron chi connectivity index (χ3n) is 4.21. The normalized spacial score (nSPS) is 17.2. The van der Waals surface area contributed by atoms with Crippen molar-refractivity contribution in [3.05, 3.63) is 68.4 Å². The van der Waals surface area contributed by atoms with Crippen LogP contribution < -0.4 is 0 Å². The van der Waals surface area contributed by atoms with Crippen molar-refractivity contribution in [2.75, 3.05) is 26.3 Å². The molecular formula is C19H17Cl3FNO3. The molecule has 0 N–H and O–H groups in total. The largest absolute Gasteiger partial charge is 0.374 e. The van der Waals surface area contributed by atoms with Crippen LogP contribution in [0.4, 0.5) is 4.39 Å². The van der Waals surface area contributed by atoms with Gasteiger partial charge in [0.15, 0.2) is 0 Å². The first-order chi connectivity index (χ1) is 13.0. The van der Waals surface area contributed by atoms with Gasteiger partial charge in [-0.1, -0.05) is 46.9 Å². The maximum atomic E-state index is 14.0. The summed E-state index contributed by atoms with van der Waals surface area (Å²) in [6, 6.07) is 9.41. The molecule has 1 aliphatic heterocycles. The van der Waals surface area contributed by atoms with Gasteiger partial charge >= 0.3 is 0 Å². The molecule has 0 bridgehead atoms. The molecule has 0 spiro atoms. The summed E-state index contributed by atoms with van der Waals surface area (Å²) in [7, 11) is 0. The SMILES string of the molecule is O=C(c1c(F)cccc1Cl)N1CCOC(COCc2c(Cl)cccc2Cl)C1. The highest BCUT2D eigenvalue weighted by molar-refractivity contribution is 6.36. The summed E-state index contributed by atoms with van der Waals surface area (Å²) in [6.07, 6.45) is -0.338. The minimum Gasteiger partial charge on any atom is -0.374 e. The summed E-state index contributed by atoms with van der Waals surface area (Å²) >= 11 is 18.2. The number of morpholine rings is 1. The minimum atomic E-state index is -0.639. The summed E-state index contributed by atoms with van der Waals surface area (Å²) in [5.41, 5.74) is 0.575. The first-order valence-corrected chi connectivity index (χ1v) is 9.46. The number of hydrogen-bond donors (Lipinski definition) is 0. The molecule has 0 saturated carbocycles. The standard InChI is InChI=1S/C19H17Cl3FNO3/c20-14-3-1-4-15(21)13(14)11-26-10-12-9-24(7-8-27-12)19(25)18-16(22)5-2-6-17(18)23/h1-6,12H,7-11H2. The number of nitrogens with zero attached hydrogens (tertiary/aromatic N) is 1. The van der Waals surface area contributed by atoms with Gasteiger partial charge in [-0.05, 0) is 24.3 Å². The molecule has 0 radical (unpaired) electrons. The number of carbonyl (C=O) groups is 1. The number of ether oxygens (including phenoxy) is 2. The molecule has 27 heavy (non-hydrogen) atoms. The number of rotatable bonds is 5. The molecule has 1 amide bonds. The van der Waals surface area contributed by atoms with Crippen molar-refractivity contribution in [2.45, 2.75) is 12.7 Å². The van der Waals surface area contributed by atoms with Crippen LogP contribution in [0.5, 0.6) is 0 Å². The monoisotopic (exact) mass is 431 g/mol. The third-order valence-corrected chi connectivity index (χ3v) is 5.24. The second-order valence-electron chi connectivity index (χ2n) is 6.06. The Kier molecular flexibility index (Phi) is 6.95. The molecule has 1 unspecified atom stereocenters. The summed E-state index contributed by atoms with van der Waals surface area (Å²) < 4.78 is 25.3. The number of benzene rings is 2. The van der Waals surface area contributed by atoms with Crippen molar-refractivity contribution in [3.8, 4) is 0 Å². The van der Waals surface area contributed by atoms with Crippen LogP contribution in [0.2, 0.25) is 15.1 Å². The van der Waals surface area contributed by atoms with E-state index < -0.39 is 11.7 Å². The lowest BCUT2D eigenvalue weighted by Gasteiger charge is -2.33. The lowest BCUT2D eigenvalue weighted by atomic mass is 10.1. The Balaban J connectivity index is 1.59. The molecule has 1 aliphatic rings. The van der Waals surface area contributed by atoms with Crippen LogP contribution in [0.1, 0.15) is 15.9 Å². The van der Waals surface area contributed by atoms with E-state index in [4.69, 9.17) is 44.3 Å². The van der Waals surface area contributed by atoms with E-state index in [-0.39, 0.29) is 36.4 Å². The van der Waals surface area contributed by atoms with Crippen molar-refractivity contribution < 1.29 is 18.7 Å². The molecule has 1 atom stereocenters. The van der Waals surface area contributed by atoms with Gasteiger partial charge < -0.3 is 14.4 Å². The van der Waals surface area contributed by atoms with E-state index in [1.54, 1.807) is 18.2 Å². The second kappa shape index (κ2) is 9.22. The van der Waals surface area contributed by atoms with Gasteiger partial charge in [0, 0.05) is 28.7 Å². The van der Waals surface area contributed by atoms with Crippen LogP contribution in [0.15, 0.2) is 36.4 Å². The van der Waals surface area contributed by atoms with Crippen LogP contribution in [-0.2, 0) is 16.1 Å². The van der Waals surface area contributed by atoms with Crippen molar-refractivity contribution in [3.63, 3.8) is 0 Å². The highest BCUT2D eigenvalue weighted by Crippen LogP contribution is 2.25. The summed E-state index contributed by atoms with van der Waals surface area (Å²) in [5, 5.41) is 1.14. The van der Waals surface area contributed by atoms with Gasteiger partial charge in [-0.25, -0.2) is 4.39 Å². The Hall–Kier alpha value is -1.37. The third kappa shape index (κ3) is 4.92. The Morgan fingerprint density at radius 1 is 1.15 bits per heavy atom. The van der Waals surface area contributed by atoms with E-state index in [1.165, 1.54) is 23.1 Å². The lowest BCUT2D eigenvalue weighted by Crippen LogP contribution is -2.47. The summed E-state index contributed by atoms with van der Waals surface area (Å²) in [5.74, 6) is -1.10. The summed E-state index contributed by atoms with van der Waals surface area (Å²) in [6.45, 7) is 1.44. The maximum absolute atomic E-state index is 14.0. The van der Waals surface area contributed by atoms with Gasteiger partial charge in [-0.15, -0.1) is 0 Å². The van der Waals surface area contributed by atoms with Crippen molar-refractivity contribution in [1.82, 2.24) is 4.90 Å². The molecule has 2 aromatic rings. The second-order valence-corrected chi connectivity index (χ2v) is 7.28. The van der Waals surface area contributed by atoms with Crippen molar-refractivity contribution in [2.24, 2.45) is 0 Å². The molecule has 1 heterocycles. The fourth-order valence-electron chi connectivity index (χ4n) is 2.83. The molecular weight excluding hydrogens is 416 g/mol. The topological polar surface area (TPSA) is 38.8 Å². The zero-order chi connectivity index (χ0) is 19.4. The molecule has 144 valence electrons. The number of hydrogen-bond acceptors (Lipinski definition) is 3.